The van der Waals surface area contributed by atoms with Crippen molar-refractivity contribution in [1.82, 2.24) is 10.3 Å². The number of rotatable bonds is 7. The summed E-state index contributed by atoms with van der Waals surface area (Å²) in [6, 6.07) is 7.72. The molecule has 0 spiro atoms. The molecule has 0 saturated carbocycles. The van der Waals surface area contributed by atoms with Crippen molar-refractivity contribution >= 4 is 39.8 Å². The maximum Gasteiger partial charge on any atom is 0.278 e. The zero-order valence-electron chi connectivity index (χ0n) is 14.9. The van der Waals surface area contributed by atoms with E-state index in [1.54, 1.807) is 24.4 Å². The molecule has 0 unspecified atom stereocenters. The van der Waals surface area contributed by atoms with E-state index >= 15 is 0 Å². The van der Waals surface area contributed by atoms with Gasteiger partial charge in [-0.1, -0.05) is 11.6 Å². The van der Waals surface area contributed by atoms with E-state index in [4.69, 9.17) is 11.6 Å². The van der Waals surface area contributed by atoms with Gasteiger partial charge in [-0.3, -0.25) is 19.9 Å². The van der Waals surface area contributed by atoms with Crippen LogP contribution in [0.5, 0.6) is 0 Å². The fraction of sp³-hybridized carbons (Fsp3) is 0.158. The first kappa shape index (κ1) is 20.4. The molecule has 0 saturated heterocycles. The smallest absolute Gasteiger partial charge is 0.278 e. The van der Waals surface area contributed by atoms with Crippen molar-refractivity contribution in [1.29, 1.82) is 0 Å². The topological polar surface area (TPSA) is 97.2 Å². The Bertz CT molecular complexity index is 1090. The van der Waals surface area contributed by atoms with Crippen molar-refractivity contribution < 1.29 is 18.5 Å². The van der Waals surface area contributed by atoms with Gasteiger partial charge in [0, 0.05) is 25.4 Å². The standard InChI is InChI=1S/C19H15ClF2N4O3/c20-13-10-15(22)14(21)9-12(13)19(27)25-8-2-7-23-16-4-5-17(26(28)29)11-3-1-6-24-18(11)16/h1,3-6,9-10,23H,2,7-8H2,(H,25,27). The van der Waals surface area contributed by atoms with Crippen molar-refractivity contribution in [2.24, 2.45) is 0 Å². The number of hydrogen-bond acceptors (Lipinski definition) is 5. The number of anilines is 1. The summed E-state index contributed by atoms with van der Waals surface area (Å²) >= 11 is 5.77. The average Bonchev–Trinajstić information content (AvgIpc) is 2.70. The van der Waals surface area contributed by atoms with Crippen LogP contribution in [0.25, 0.3) is 10.9 Å². The molecule has 29 heavy (non-hydrogen) atoms. The molecule has 150 valence electrons. The number of nitro benzene ring substituents is 1. The van der Waals surface area contributed by atoms with E-state index in [1.807, 2.05) is 0 Å². The van der Waals surface area contributed by atoms with E-state index in [0.717, 1.165) is 12.1 Å². The molecule has 0 radical (unpaired) electrons. The Balaban J connectivity index is 1.58. The highest BCUT2D eigenvalue weighted by Crippen LogP contribution is 2.29. The number of nitrogens with one attached hydrogen (secondary N) is 2. The molecule has 1 heterocycles. The molecule has 10 heteroatoms. The van der Waals surface area contributed by atoms with Crippen molar-refractivity contribution in [3.8, 4) is 0 Å². The number of aromatic nitrogens is 1. The van der Waals surface area contributed by atoms with Crippen LogP contribution in [0.4, 0.5) is 20.2 Å². The summed E-state index contributed by atoms with van der Waals surface area (Å²) in [5.74, 6) is -2.89. The Hall–Kier alpha value is -3.33. The fourth-order valence-electron chi connectivity index (χ4n) is 2.76. The van der Waals surface area contributed by atoms with Crippen LogP contribution < -0.4 is 10.6 Å². The molecular weight excluding hydrogens is 406 g/mol. The van der Waals surface area contributed by atoms with Gasteiger partial charge in [-0.05, 0) is 36.8 Å². The summed E-state index contributed by atoms with van der Waals surface area (Å²) in [6.07, 6.45) is 2.04. The van der Waals surface area contributed by atoms with Crippen LogP contribution in [0.3, 0.4) is 0 Å². The van der Waals surface area contributed by atoms with Crippen LogP contribution >= 0.6 is 11.6 Å². The van der Waals surface area contributed by atoms with Crippen LogP contribution in [-0.2, 0) is 0 Å². The SMILES string of the molecule is O=C(NCCCNc1ccc([N+](=O)[O-])c2cccnc12)c1cc(F)c(F)cc1Cl. The number of carbonyl (C=O) groups excluding carboxylic acids is 1. The Morgan fingerprint density at radius 1 is 1.17 bits per heavy atom. The Kier molecular flexibility index (Phi) is 6.18. The van der Waals surface area contributed by atoms with E-state index in [1.165, 1.54) is 6.07 Å². The van der Waals surface area contributed by atoms with E-state index in [-0.39, 0.29) is 22.8 Å². The first-order valence-electron chi connectivity index (χ1n) is 8.57. The van der Waals surface area contributed by atoms with Gasteiger partial charge >= 0.3 is 0 Å². The van der Waals surface area contributed by atoms with Gasteiger partial charge in [-0.2, -0.15) is 0 Å². The van der Waals surface area contributed by atoms with Gasteiger partial charge in [-0.25, -0.2) is 8.78 Å². The highest BCUT2D eigenvalue weighted by Gasteiger charge is 2.16. The highest BCUT2D eigenvalue weighted by atomic mass is 35.5. The van der Waals surface area contributed by atoms with Gasteiger partial charge in [0.25, 0.3) is 11.6 Å². The summed E-state index contributed by atoms with van der Waals surface area (Å²) in [5.41, 5.74) is 0.916. The van der Waals surface area contributed by atoms with E-state index in [9.17, 15) is 23.7 Å². The van der Waals surface area contributed by atoms with Crippen LogP contribution in [0.2, 0.25) is 5.02 Å². The predicted octanol–water partition coefficient (Wildman–Crippen LogP) is 4.31. The summed E-state index contributed by atoms with van der Waals surface area (Å²) < 4.78 is 26.4. The van der Waals surface area contributed by atoms with Gasteiger partial charge in [0.15, 0.2) is 11.6 Å². The maximum absolute atomic E-state index is 13.3. The van der Waals surface area contributed by atoms with Gasteiger partial charge in [0.1, 0.15) is 5.52 Å². The van der Waals surface area contributed by atoms with Gasteiger partial charge in [-0.15, -0.1) is 0 Å². The molecular formula is C19H15ClF2N4O3. The largest absolute Gasteiger partial charge is 0.383 e. The predicted molar refractivity (Wildman–Crippen MR) is 105 cm³/mol. The molecule has 0 aliphatic heterocycles. The second kappa shape index (κ2) is 8.78. The Morgan fingerprint density at radius 2 is 1.93 bits per heavy atom. The zero-order valence-corrected chi connectivity index (χ0v) is 15.7. The fourth-order valence-corrected chi connectivity index (χ4v) is 3.00. The first-order valence-corrected chi connectivity index (χ1v) is 8.95. The molecule has 0 aliphatic rings. The molecule has 2 aromatic carbocycles. The van der Waals surface area contributed by atoms with E-state index < -0.39 is 22.5 Å². The van der Waals surface area contributed by atoms with Crippen LogP contribution in [0, 0.1) is 21.7 Å². The number of pyridine rings is 1. The molecule has 0 fully saturated rings. The average molecular weight is 421 g/mol. The van der Waals surface area contributed by atoms with Crippen LogP contribution in [0.15, 0.2) is 42.6 Å². The molecule has 2 N–H and O–H groups in total. The molecule has 1 aromatic heterocycles. The minimum absolute atomic E-state index is 0.0330. The number of nitrogens with zero attached hydrogens (tertiary/aromatic N) is 2. The third-order valence-electron chi connectivity index (χ3n) is 4.15. The lowest BCUT2D eigenvalue weighted by Gasteiger charge is -2.10. The van der Waals surface area contributed by atoms with Gasteiger partial charge in [0.05, 0.1) is 26.6 Å². The summed E-state index contributed by atoms with van der Waals surface area (Å²) in [6.45, 7) is 0.689. The number of hydrogen-bond donors (Lipinski definition) is 2. The lowest BCUT2D eigenvalue weighted by atomic mass is 10.1. The molecule has 1 amide bonds. The Morgan fingerprint density at radius 3 is 2.69 bits per heavy atom. The lowest BCUT2D eigenvalue weighted by molar-refractivity contribution is -0.383. The molecule has 0 atom stereocenters. The monoisotopic (exact) mass is 420 g/mol. The zero-order chi connectivity index (χ0) is 21.0. The number of halogens is 3. The normalized spacial score (nSPS) is 10.7. The molecule has 0 aliphatic carbocycles. The van der Waals surface area contributed by atoms with Gasteiger partial charge in [0.2, 0.25) is 0 Å². The van der Waals surface area contributed by atoms with Crippen molar-refractivity contribution in [2.45, 2.75) is 6.42 Å². The number of fused-ring (bicyclic) bond motifs is 1. The van der Waals surface area contributed by atoms with Gasteiger partial charge < -0.3 is 10.6 Å². The number of carbonyl (C=O) groups is 1. The number of amides is 1. The third-order valence-corrected chi connectivity index (χ3v) is 4.47. The first-order chi connectivity index (χ1) is 13.9. The maximum atomic E-state index is 13.3. The number of non-ortho nitro benzene ring substituents is 1. The minimum Gasteiger partial charge on any atom is -0.383 e. The Labute approximate surface area is 168 Å². The van der Waals surface area contributed by atoms with Crippen molar-refractivity contribution in [3.63, 3.8) is 0 Å². The second-order valence-corrected chi connectivity index (χ2v) is 6.48. The summed E-state index contributed by atoms with van der Waals surface area (Å²) in [5, 5.41) is 17.1. The summed E-state index contributed by atoms with van der Waals surface area (Å²) in [7, 11) is 0. The second-order valence-electron chi connectivity index (χ2n) is 6.07. The quantitative estimate of drug-likeness (QED) is 0.257. The number of nitro groups is 1. The third kappa shape index (κ3) is 4.57. The molecule has 3 aromatic rings. The molecule has 3 rings (SSSR count). The molecule has 7 nitrogen and oxygen atoms in total. The van der Waals surface area contributed by atoms with Crippen LogP contribution in [0.1, 0.15) is 16.8 Å². The highest BCUT2D eigenvalue weighted by molar-refractivity contribution is 6.33. The minimum atomic E-state index is -1.15. The van der Waals surface area contributed by atoms with E-state index in [2.05, 4.69) is 15.6 Å². The van der Waals surface area contributed by atoms with E-state index in [0.29, 0.717) is 29.6 Å². The number of benzene rings is 2. The van der Waals surface area contributed by atoms with Crippen LogP contribution in [-0.4, -0.2) is 28.9 Å². The van der Waals surface area contributed by atoms with Crippen molar-refractivity contribution in [3.05, 3.63) is 74.9 Å². The summed E-state index contributed by atoms with van der Waals surface area (Å²) in [4.78, 5) is 26.9. The lowest BCUT2D eigenvalue weighted by Crippen LogP contribution is -2.26. The molecule has 0 bridgehead atoms. The van der Waals surface area contributed by atoms with Crippen molar-refractivity contribution in [2.75, 3.05) is 18.4 Å².